The van der Waals surface area contributed by atoms with Gasteiger partial charge in [0.05, 0.1) is 16.3 Å². The van der Waals surface area contributed by atoms with Gasteiger partial charge in [-0.25, -0.2) is 4.99 Å². The predicted octanol–water partition coefficient (Wildman–Crippen LogP) is 8.11. The number of nitrogens with zero attached hydrogens (tertiary/aromatic N) is 2. The average molecular weight is 494 g/mol. The van der Waals surface area contributed by atoms with E-state index in [4.69, 9.17) is 46.4 Å². The number of carbonyl (C=O) groups excluding carboxylic acids is 1. The number of amides is 1. The van der Waals surface area contributed by atoms with Crippen LogP contribution in [0.3, 0.4) is 0 Å². The summed E-state index contributed by atoms with van der Waals surface area (Å²) < 4.78 is 0. The summed E-state index contributed by atoms with van der Waals surface area (Å²) in [6.07, 6.45) is 1.72. The zero-order chi connectivity index (χ0) is 21.3. The Balaban J connectivity index is 1.79. The van der Waals surface area contributed by atoms with Crippen LogP contribution in [0.4, 0.5) is 11.4 Å². The molecule has 1 fully saturated rings. The number of rotatable bonds is 3. The summed E-state index contributed by atoms with van der Waals surface area (Å²) >= 11 is 25.6. The van der Waals surface area contributed by atoms with E-state index < -0.39 is 0 Å². The minimum absolute atomic E-state index is 0.217. The van der Waals surface area contributed by atoms with Crippen LogP contribution in [0.25, 0.3) is 6.08 Å². The molecule has 150 valence electrons. The summed E-state index contributed by atoms with van der Waals surface area (Å²) in [6, 6.07) is 19.2. The smallest absolute Gasteiger partial charge is 0.268 e. The molecule has 3 nitrogen and oxygen atoms in total. The van der Waals surface area contributed by atoms with Gasteiger partial charge in [-0.15, -0.1) is 0 Å². The van der Waals surface area contributed by atoms with E-state index in [-0.39, 0.29) is 5.91 Å². The maximum Gasteiger partial charge on any atom is 0.271 e. The van der Waals surface area contributed by atoms with E-state index >= 15 is 0 Å². The summed E-state index contributed by atoms with van der Waals surface area (Å²) in [7, 11) is 0. The molecule has 1 aliphatic heterocycles. The van der Waals surface area contributed by atoms with Crippen molar-refractivity contribution in [1.82, 2.24) is 0 Å². The Hall–Kier alpha value is -1.95. The molecule has 1 aliphatic rings. The number of carbonyl (C=O) groups is 1. The molecule has 0 spiro atoms. The molecule has 0 radical (unpaired) electrons. The van der Waals surface area contributed by atoms with Gasteiger partial charge in [-0.3, -0.25) is 9.69 Å². The van der Waals surface area contributed by atoms with E-state index in [0.717, 1.165) is 0 Å². The molecule has 0 unspecified atom stereocenters. The lowest BCUT2D eigenvalue weighted by atomic mass is 10.2. The van der Waals surface area contributed by atoms with Crippen LogP contribution in [0.2, 0.25) is 20.1 Å². The first-order chi connectivity index (χ1) is 14.4. The molecule has 0 bridgehead atoms. The van der Waals surface area contributed by atoms with Gasteiger partial charge in [0.25, 0.3) is 5.91 Å². The van der Waals surface area contributed by atoms with Gasteiger partial charge in [0.15, 0.2) is 5.17 Å². The summed E-state index contributed by atoms with van der Waals surface area (Å²) in [5, 5.41) is 2.73. The lowest BCUT2D eigenvalue weighted by Crippen LogP contribution is -2.28. The summed E-state index contributed by atoms with van der Waals surface area (Å²) in [5.74, 6) is -0.217. The molecule has 4 rings (SSSR count). The van der Waals surface area contributed by atoms with Crippen LogP contribution >= 0.6 is 58.2 Å². The van der Waals surface area contributed by atoms with E-state index in [9.17, 15) is 4.79 Å². The summed E-state index contributed by atoms with van der Waals surface area (Å²) in [5.41, 5.74) is 1.99. The highest BCUT2D eigenvalue weighted by Crippen LogP contribution is 2.38. The molecule has 1 saturated heterocycles. The van der Waals surface area contributed by atoms with Crippen molar-refractivity contribution in [3.63, 3.8) is 0 Å². The third-order valence-electron chi connectivity index (χ3n) is 4.19. The van der Waals surface area contributed by atoms with Crippen molar-refractivity contribution in [1.29, 1.82) is 0 Å². The van der Waals surface area contributed by atoms with Gasteiger partial charge in [-0.2, -0.15) is 0 Å². The lowest BCUT2D eigenvalue weighted by Gasteiger charge is -2.15. The first-order valence-corrected chi connectivity index (χ1v) is 11.0. The van der Waals surface area contributed by atoms with Crippen LogP contribution in [0, 0.1) is 0 Å². The number of anilines is 1. The van der Waals surface area contributed by atoms with Crippen LogP contribution in [0.15, 0.2) is 76.6 Å². The molecule has 0 N–H and O–H groups in total. The largest absolute Gasteiger partial charge is 0.271 e. The van der Waals surface area contributed by atoms with E-state index in [1.54, 1.807) is 77.7 Å². The second kappa shape index (κ2) is 9.04. The van der Waals surface area contributed by atoms with Crippen molar-refractivity contribution in [2.75, 3.05) is 4.90 Å². The number of hydrogen-bond donors (Lipinski definition) is 0. The quantitative estimate of drug-likeness (QED) is 0.345. The number of halogens is 4. The fourth-order valence-corrected chi connectivity index (χ4v) is 4.36. The lowest BCUT2D eigenvalue weighted by molar-refractivity contribution is -0.113. The molecule has 0 atom stereocenters. The normalized spacial score (nSPS) is 16.7. The molecule has 0 aromatic heterocycles. The Kier molecular flexibility index (Phi) is 6.42. The highest BCUT2D eigenvalue weighted by Gasteiger charge is 2.35. The fourth-order valence-electron chi connectivity index (χ4n) is 2.76. The van der Waals surface area contributed by atoms with Crippen LogP contribution in [-0.4, -0.2) is 11.1 Å². The van der Waals surface area contributed by atoms with Crippen molar-refractivity contribution in [3.05, 3.63) is 97.3 Å². The molecule has 0 saturated carbocycles. The van der Waals surface area contributed by atoms with Crippen LogP contribution in [0.5, 0.6) is 0 Å². The SMILES string of the molecule is O=C1/C(=C\c2cc(Cl)ccc2Cl)SC(=Nc2ccc(Cl)cc2)N1c1ccc(Cl)cc1. The van der Waals surface area contributed by atoms with Crippen LogP contribution in [0.1, 0.15) is 5.56 Å². The first-order valence-electron chi connectivity index (χ1n) is 8.69. The van der Waals surface area contributed by atoms with Crippen molar-refractivity contribution >= 4 is 86.7 Å². The predicted molar refractivity (Wildman–Crippen MR) is 130 cm³/mol. The zero-order valence-corrected chi connectivity index (χ0v) is 19.0. The maximum absolute atomic E-state index is 13.3. The first kappa shape index (κ1) is 21.3. The van der Waals surface area contributed by atoms with Gasteiger partial charge < -0.3 is 0 Å². The molecule has 1 amide bonds. The minimum atomic E-state index is -0.217. The minimum Gasteiger partial charge on any atom is -0.268 e. The Bertz CT molecular complexity index is 1170. The van der Waals surface area contributed by atoms with E-state index in [2.05, 4.69) is 4.99 Å². The molecule has 1 heterocycles. The Morgan fingerprint density at radius 2 is 1.40 bits per heavy atom. The monoisotopic (exact) mass is 492 g/mol. The number of aliphatic imine (C=N–C) groups is 1. The van der Waals surface area contributed by atoms with Gasteiger partial charge in [-0.05, 0) is 90.1 Å². The molecule has 3 aromatic carbocycles. The van der Waals surface area contributed by atoms with Crippen molar-refractivity contribution in [3.8, 4) is 0 Å². The number of thioether (sulfide) groups is 1. The number of hydrogen-bond acceptors (Lipinski definition) is 3. The average Bonchev–Trinajstić information content (AvgIpc) is 3.02. The van der Waals surface area contributed by atoms with E-state index in [1.807, 2.05) is 0 Å². The topological polar surface area (TPSA) is 32.7 Å². The van der Waals surface area contributed by atoms with Crippen molar-refractivity contribution < 1.29 is 4.79 Å². The van der Waals surface area contributed by atoms with Crippen molar-refractivity contribution in [2.45, 2.75) is 0 Å². The summed E-state index contributed by atoms with van der Waals surface area (Å²) in [4.78, 5) is 19.9. The second-order valence-electron chi connectivity index (χ2n) is 6.26. The Morgan fingerprint density at radius 3 is 2.07 bits per heavy atom. The van der Waals surface area contributed by atoms with Crippen LogP contribution in [-0.2, 0) is 4.79 Å². The highest BCUT2D eigenvalue weighted by molar-refractivity contribution is 8.19. The molecular weight excluding hydrogens is 482 g/mol. The number of amidine groups is 1. The molecule has 3 aromatic rings. The van der Waals surface area contributed by atoms with Gasteiger partial charge in [0, 0.05) is 20.1 Å². The van der Waals surface area contributed by atoms with Gasteiger partial charge >= 0.3 is 0 Å². The maximum atomic E-state index is 13.3. The van der Waals surface area contributed by atoms with Crippen LogP contribution < -0.4 is 4.90 Å². The number of benzene rings is 3. The van der Waals surface area contributed by atoms with Gasteiger partial charge in [0.2, 0.25) is 0 Å². The fraction of sp³-hybridized carbons (Fsp3) is 0. The van der Waals surface area contributed by atoms with E-state index in [1.165, 1.54) is 11.8 Å². The van der Waals surface area contributed by atoms with Gasteiger partial charge in [-0.1, -0.05) is 46.4 Å². The summed E-state index contributed by atoms with van der Waals surface area (Å²) in [6.45, 7) is 0. The zero-order valence-electron chi connectivity index (χ0n) is 15.2. The third-order valence-corrected chi connectivity index (χ3v) is 6.24. The molecule has 0 aliphatic carbocycles. The van der Waals surface area contributed by atoms with Crippen molar-refractivity contribution in [2.24, 2.45) is 4.99 Å². The second-order valence-corrected chi connectivity index (χ2v) is 8.99. The Morgan fingerprint density at radius 1 is 0.800 bits per heavy atom. The highest BCUT2D eigenvalue weighted by atomic mass is 35.5. The molecular formula is C22H12Cl4N2OS. The standard InChI is InChI=1S/C22H12Cl4N2OS/c23-14-1-6-17(7-2-14)27-22-28(18-8-3-15(24)4-9-18)21(29)20(30-22)12-13-11-16(25)5-10-19(13)26/h1-12H/b20-12+,27-22?. The molecule has 8 heteroatoms. The van der Waals surface area contributed by atoms with E-state index in [0.29, 0.717) is 47.1 Å². The molecule has 30 heavy (non-hydrogen) atoms. The third kappa shape index (κ3) is 4.69. The van der Waals surface area contributed by atoms with Gasteiger partial charge in [0.1, 0.15) is 0 Å². The Labute approximate surface area is 197 Å².